The third-order valence-electron chi connectivity index (χ3n) is 3.85. The number of anilines is 1. The van der Waals surface area contributed by atoms with E-state index < -0.39 is 0 Å². The number of carbonyl (C=O) groups excluding carboxylic acids is 1. The van der Waals surface area contributed by atoms with E-state index in [-0.39, 0.29) is 11.8 Å². The maximum Gasteiger partial charge on any atom is 0.234 e. The molecule has 0 bridgehead atoms. The molecule has 108 valence electrons. The quantitative estimate of drug-likeness (QED) is 0.939. The zero-order chi connectivity index (χ0) is 14.7. The van der Waals surface area contributed by atoms with Crippen LogP contribution in [0.25, 0.3) is 0 Å². The maximum atomic E-state index is 12.3. The molecule has 1 aliphatic carbocycles. The number of rotatable bonds is 3. The summed E-state index contributed by atoms with van der Waals surface area (Å²) in [5.74, 6) is 0.159. The fourth-order valence-corrected chi connectivity index (χ4v) is 2.55. The lowest BCUT2D eigenvalue weighted by Crippen LogP contribution is -2.21. The van der Waals surface area contributed by atoms with Gasteiger partial charge in [-0.15, -0.1) is 0 Å². The van der Waals surface area contributed by atoms with Gasteiger partial charge in [0.2, 0.25) is 5.91 Å². The Bertz CT molecular complexity index is 642. The van der Waals surface area contributed by atoms with Crippen molar-refractivity contribution in [3.05, 3.63) is 47.7 Å². The average Bonchev–Trinajstić information content (AvgIpc) is 2.55. The molecule has 0 saturated heterocycles. The van der Waals surface area contributed by atoms with Crippen LogP contribution in [0.15, 0.2) is 30.7 Å². The highest BCUT2D eigenvalue weighted by Crippen LogP contribution is 2.22. The first-order valence-electron chi connectivity index (χ1n) is 7.29. The average molecular weight is 282 g/mol. The van der Waals surface area contributed by atoms with E-state index in [1.165, 1.54) is 18.4 Å². The molecule has 1 N–H and O–H groups in total. The third-order valence-corrected chi connectivity index (χ3v) is 3.85. The monoisotopic (exact) mass is 282 g/mol. The van der Waals surface area contributed by atoms with Crippen LogP contribution in [0, 0.1) is 0 Å². The van der Waals surface area contributed by atoms with Crippen LogP contribution in [0.5, 0.6) is 0 Å². The minimum atomic E-state index is -0.350. The number of hydrogen-bond acceptors (Lipinski definition) is 4. The van der Waals surface area contributed by atoms with E-state index in [1.807, 2.05) is 13.0 Å². The highest BCUT2D eigenvalue weighted by Gasteiger charge is 2.18. The van der Waals surface area contributed by atoms with Crippen molar-refractivity contribution in [2.45, 2.75) is 38.5 Å². The van der Waals surface area contributed by atoms with Gasteiger partial charge in [-0.3, -0.25) is 14.8 Å². The van der Waals surface area contributed by atoms with Crippen molar-refractivity contribution < 1.29 is 4.79 Å². The number of nitrogens with zero attached hydrogens (tertiary/aromatic N) is 3. The van der Waals surface area contributed by atoms with Gasteiger partial charge in [-0.1, -0.05) is 6.07 Å². The fourth-order valence-electron chi connectivity index (χ4n) is 2.55. The number of aryl methyl sites for hydroxylation is 2. The Morgan fingerprint density at radius 1 is 1.24 bits per heavy atom. The highest BCUT2D eigenvalue weighted by atomic mass is 16.1. The molecule has 2 heterocycles. The van der Waals surface area contributed by atoms with Gasteiger partial charge in [-0.2, -0.15) is 0 Å². The third kappa shape index (κ3) is 3.07. The lowest BCUT2D eigenvalue weighted by molar-refractivity contribution is -0.117. The molecule has 5 nitrogen and oxygen atoms in total. The van der Waals surface area contributed by atoms with Crippen LogP contribution in [-0.4, -0.2) is 20.9 Å². The number of hydrogen-bond donors (Lipinski definition) is 1. The molecule has 1 unspecified atom stereocenters. The lowest BCUT2D eigenvalue weighted by Gasteiger charge is -2.16. The molecule has 1 atom stereocenters. The number of carbonyl (C=O) groups is 1. The largest absolute Gasteiger partial charge is 0.310 e. The minimum absolute atomic E-state index is 0.112. The van der Waals surface area contributed by atoms with E-state index in [4.69, 9.17) is 0 Å². The fraction of sp³-hybridized carbons (Fsp3) is 0.375. The van der Waals surface area contributed by atoms with Gasteiger partial charge < -0.3 is 5.32 Å². The second kappa shape index (κ2) is 5.99. The highest BCUT2D eigenvalue weighted by molar-refractivity contribution is 5.94. The van der Waals surface area contributed by atoms with E-state index in [2.05, 4.69) is 26.3 Å². The Balaban J connectivity index is 1.73. The van der Waals surface area contributed by atoms with E-state index in [9.17, 15) is 4.79 Å². The Morgan fingerprint density at radius 2 is 2.10 bits per heavy atom. The molecule has 21 heavy (non-hydrogen) atoms. The zero-order valence-corrected chi connectivity index (χ0v) is 12.0. The Kier molecular flexibility index (Phi) is 3.90. The van der Waals surface area contributed by atoms with Crippen LogP contribution in [0.1, 0.15) is 42.6 Å². The molecule has 0 saturated carbocycles. The molecule has 2 aromatic rings. The van der Waals surface area contributed by atoms with Crippen molar-refractivity contribution >= 4 is 11.7 Å². The number of fused-ring (bicyclic) bond motifs is 1. The van der Waals surface area contributed by atoms with Crippen LogP contribution >= 0.6 is 0 Å². The van der Waals surface area contributed by atoms with Crippen molar-refractivity contribution in [3.63, 3.8) is 0 Å². The first-order chi connectivity index (χ1) is 10.2. The second-order valence-corrected chi connectivity index (χ2v) is 5.35. The molecule has 5 heteroatoms. The van der Waals surface area contributed by atoms with Crippen LogP contribution in [0.3, 0.4) is 0 Å². The van der Waals surface area contributed by atoms with Crippen molar-refractivity contribution in [2.75, 3.05) is 5.32 Å². The lowest BCUT2D eigenvalue weighted by atomic mass is 9.96. The van der Waals surface area contributed by atoms with E-state index in [1.54, 1.807) is 18.6 Å². The molecular weight excluding hydrogens is 264 g/mol. The number of pyridine rings is 1. The van der Waals surface area contributed by atoms with Gasteiger partial charge in [0.1, 0.15) is 5.82 Å². The first-order valence-corrected chi connectivity index (χ1v) is 7.29. The van der Waals surface area contributed by atoms with Crippen molar-refractivity contribution in [1.29, 1.82) is 0 Å². The summed E-state index contributed by atoms with van der Waals surface area (Å²) in [7, 11) is 0. The molecule has 1 amide bonds. The predicted molar refractivity (Wildman–Crippen MR) is 80.0 cm³/mol. The smallest absolute Gasteiger partial charge is 0.234 e. The molecule has 0 fully saturated rings. The van der Waals surface area contributed by atoms with E-state index in [0.29, 0.717) is 11.5 Å². The van der Waals surface area contributed by atoms with Crippen molar-refractivity contribution in [1.82, 2.24) is 15.0 Å². The summed E-state index contributed by atoms with van der Waals surface area (Å²) in [6.45, 7) is 1.82. The normalized spacial score (nSPS) is 15.1. The summed E-state index contributed by atoms with van der Waals surface area (Å²) in [6.07, 6.45) is 9.29. The molecular formula is C16H18N4O. The molecule has 0 spiro atoms. The summed E-state index contributed by atoms with van der Waals surface area (Å²) in [6, 6.07) is 3.95. The van der Waals surface area contributed by atoms with Gasteiger partial charge in [0, 0.05) is 24.3 Å². The van der Waals surface area contributed by atoms with E-state index >= 15 is 0 Å². The van der Waals surface area contributed by atoms with Crippen LogP contribution in [0.4, 0.5) is 5.82 Å². The molecule has 3 rings (SSSR count). The number of aromatic nitrogens is 3. The van der Waals surface area contributed by atoms with Crippen LogP contribution in [0.2, 0.25) is 0 Å². The van der Waals surface area contributed by atoms with Crippen LogP contribution in [-0.2, 0) is 17.6 Å². The summed E-state index contributed by atoms with van der Waals surface area (Å²) in [5.41, 5.74) is 3.08. The van der Waals surface area contributed by atoms with Crippen molar-refractivity contribution in [2.24, 2.45) is 0 Å². The second-order valence-electron chi connectivity index (χ2n) is 5.35. The molecule has 1 aliphatic rings. The van der Waals surface area contributed by atoms with Gasteiger partial charge in [0.05, 0.1) is 11.6 Å². The van der Waals surface area contributed by atoms with Gasteiger partial charge in [0.25, 0.3) is 0 Å². The summed E-state index contributed by atoms with van der Waals surface area (Å²) >= 11 is 0. The Hall–Kier alpha value is -2.30. The standard InChI is InChI=1S/C16H18N4O/c1-11(14-10-17-8-9-18-14)16(21)20-15-7-6-12-4-2-3-5-13(12)19-15/h6-11H,2-5H2,1H3,(H,19,20,21). The number of nitrogens with one attached hydrogen (secondary N) is 1. The molecule has 2 aromatic heterocycles. The van der Waals surface area contributed by atoms with Gasteiger partial charge >= 0.3 is 0 Å². The summed E-state index contributed by atoms with van der Waals surface area (Å²) < 4.78 is 0. The van der Waals surface area contributed by atoms with Gasteiger partial charge in [-0.25, -0.2) is 4.98 Å². The number of amides is 1. The topological polar surface area (TPSA) is 67.8 Å². The maximum absolute atomic E-state index is 12.3. The van der Waals surface area contributed by atoms with E-state index in [0.717, 1.165) is 18.5 Å². The van der Waals surface area contributed by atoms with Crippen molar-refractivity contribution in [3.8, 4) is 0 Å². The molecule has 0 aliphatic heterocycles. The summed E-state index contributed by atoms with van der Waals surface area (Å²) in [4.78, 5) is 25.0. The predicted octanol–water partition coefficient (Wildman–Crippen LogP) is 2.49. The van der Waals surface area contributed by atoms with Crippen LogP contribution < -0.4 is 5.32 Å². The molecule has 0 aromatic carbocycles. The molecule has 0 radical (unpaired) electrons. The Labute approximate surface area is 123 Å². The Morgan fingerprint density at radius 3 is 2.90 bits per heavy atom. The minimum Gasteiger partial charge on any atom is -0.310 e. The first kappa shape index (κ1) is 13.7. The SMILES string of the molecule is CC(C(=O)Nc1ccc2c(n1)CCCC2)c1cnccn1. The van der Waals surface area contributed by atoms with Gasteiger partial charge in [-0.05, 0) is 44.2 Å². The zero-order valence-electron chi connectivity index (χ0n) is 12.0. The summed E-state index contributed by atoms with van der Waals surface area (Å²) in [5, 5.41) is 2.87. The van der Waals surface area contributed by atoms with Gasteiger partial charge in [0.15, 0.2) is 0 Å².